The van der Waals surface area contributed by atoms with Crippen LogP contribution in [0.2, 0.25) is 0 Å². The lowest BCUT2D eigenvalue weighted by atomic mass is 9.98. The van der Waals surface area contributed by atoms with Crippen molar-refractivity contribution in [2.45, 2.75) is 38.9 Å². The molecule has 1 N–H and O–H groups in total. The van der Waals surface area contributed by atoms with Crippen LogP contribution in [0.3, 0.4) is 0 Å². The van der Waals surface area contributed by atoms with Crippen molar-refractivity contribution in [1.29, 1.82) is 0 Å². The van der Waals surface area contributed by atoms with E-state index in [0.717, 1.165) is 0 Å². The van der Waals surface area contributed by atoms with Gasteiger partial charge in [0.05, 0.1) is 0 Å². The van der Waals surface area contributed by atoms with Crippen LogP contribution in [0.15, 0.2) is 0 Å². The largest absolute Gasteiger partial charge is 0.404 e. The number of nitrogens with one attached hydrogen (secondary N) is 1. The molecule has 2 atom stereocenters. The third-order valence-electron chi connectivity index (χ3n) is 2.31. The minimum atomic E-state index is -4.18. The van der Waals surface area contributed by atoms with Crippen molar-refractivity contribution < 1.29 is 17.9 Å². The first-order valence-corrected chi connectivity index (χ1v) is 5.22. The molecule has 0 rings (SSSR count). The number of halogens is 3. The summed E-state index contributed by atoms with van der Waals surface area (Å²) in [6.07, 6.45) is -3.07. The van der Waals surface area contributed by atoms with E-state index in [1.807, 2.05) is 6.92 Å². The lowest BCUT2D eigenvalue weighted by molar-refractivity contribution is -0.167. The van der Waals surface area contributed by atoms with Crippen LogP contribution in [0.5, 0.6) is 0 Å². The highest BCUT2D eigenvalue weighted by Gasteiger charge is 2.42. The summed E-state index contributed by atoms with van der Waals surface area (Å²) in [4.78, 5) is 0. The van der Waals surface area contributed by atoms with Gasteiger partial charge in [-0.15, -0.1) is 0 Å². The fourth-order valence-corrected chi connectivity index (χ4v) is 1.41. The first-order valence-electron chi connectivity index (χ1n) is 5.22. The number of ether oxygens (including phenoxy) is 1. The second-order valence-corrected chi connectivity index (χ2v) is 3.73. The maximum Gasteiger partial charge on any atom is 0.404 e. The van der Waals surface area contributed by atoms with Gasteiger partial charge in [-0.05, 0) is 25.3 Å². The molecule has 92 valence electrons. The van der Waals surface area contributed by atoms with E-state index in [-0.39, 0.29) is 0 Å². The molecule has 2 nitrogen and oxygen atoms in total. The van der Waals surface area contributed by atoms with Gasteiger partial charge in [-0.1, -0.05) is 13.8 Å². The summed E-state index contributed by atoms with van der Waals surface area (Å²) in [5, 5.41) is 2.54. The Morgan fingerprint density at radius 3 is 2.33 bits per heavy atom. The molecule has 0 saturated carbocycles. The number of alkyl halides is 3. The van der Waals surface area contributed by atoms with Gasteiger partial charge < -0.3 is 10.1 Å². The van der Waals surface area contributed by atoms with Crippen molar-refractivity contribution in [1.82, 2.24) is 5.32 Å². The Labute approximate surface area is 89.2 Å². The first kappa shape index (κ1) is 14.7. The molecule has 0 radical (unpaired) electrons. The zero-order chi connectivity index (χ0) is 11.9. The van der Waals surface area contributed by atoms with E-state index in [4.69, 9.17) is 4.74 Å². The van der Waals surface area contributed by atoms with Crippen molar-refractivity contribution in [3.63, 3.8) is 0 Å². The molecule has 0 aromatic heterocycles. The Balaban J connectivity index is 4.21. The summed E-state index contributed by atoms with van der Waals surface area (Å²) in [5.74, 6) is -0.462. The summed E-state index contributed by atoms with van der Waals surface area (Å²) in [5.41, 5.74) is 0. The second-order valence-electron chi connectivity index (χ2n) is 3.73. The van der Waals surface area contributed by atoms with E-state index in [1.54, 1.807) is 6.92 Å². The SMILES string of the molecule is CCCNC(C(C)CCOC)C(F)(F)F. The standard InChI is InChI=1S/C10H20F3NO/c1-4-6-14-9(10(11,12)13)8(2)5-7-15-3/h8-9,14H,4-7H2,1-3H3. The fourth-order valence-electron chi connectivity index (χ4n) is 1.41. The maximum atomic E-state index is 12.6. The molecular formula is C10H20F3NO. The Bertz CT molecular complexity index is 161. The summed E-state index contributed by atoms with van der Waals surface area (Å²) in [7, 11) is 1.49. The number of rotatable bonds is 7. The lowest BCUT2D eigenvalue weighted by Gasteiger charge is -2.27. The average Bonchev–Trinajstić information content (AvgIpc) is 2.13. The number of methoxy groups -OCH3 is 1. The summed E-state index contributed by atoms with van der Waals surface area (Å²) in [6.45, 7) is 4.20. The molecule has 0 spiro atoms. The van der Waals surface area contributed by atoms with E-state index in [1.165, 1.54) is 7.11 Å². The van der Waals surface area contributed by atoms with E-state index >= 15 is 0 Å². The second kappa shape index (κ2) is 7.06. The third-order valence-corrected chi connectivity index (χ3v) is 2.31. The topological polar surface area (TPSA) is 21.3 Å². The Morgan fingerprint density at radius 2 is 1.93 bits per heavy atom. The van der Waals surface area contributed by atoms with Gasteiger partial charge in [-0.2, -0.15) is 13.2 Å². The molecule has 5 heteroatoms. The molecular weight excluding hydrogens is 207 g/mol. The summed E-state index contributed by atoms with van der Waals surface area (Å²) < 4.78 is 42.6. The summed E-state index contributed by atoms with van der Waals surface area (Å²) in [6, 6.07) is -1.42. The molecule has 2 unspecified atom stereocenters. The van der Waals surface area contributed by atoms with Crippen LogP contribution in [0.1, 0.15) is 26.7 Å². The fraction of sp³-hybridized carbons (Fsp3) is 1.00. The average molecular weight is 227 g/mol. The summed E-state index contributed by atoms with van der Waals surface area (Å²) >= 11 is 0. The predicted molar refractivity (Wildman–Crippen MR) is 53.8 cm³/mol. The predicted octanol–water partition coefficient (Wildman–Crippen LogP) is 2.59. The van der Waals surface area contributed by atoms with Gasteiger partial charge in [0.1, 0.15) is 6.04 Å². The highest BCUT2D eigenvalue weighted by atomic mass is 19.4. The molecule has 15 heavy (non-hydrogen) atoms. The number of hydrogen-bond donors (Lipinski definition) is 1. The quantitative estimate of drug-likeness (QED) is 0.721. The zero-order valence-corrected chi connectivity index (χ0v) is 9.53. The lowest BCUT2D eigenvalue weighted by Crippen LogP contribution is -2.47. The Morgan fingerprint density at radius 1 is 1.33 bits per heavy atom. The molecule has 0 amide bonds. The van der Waals surface area contributed by atoms with Crippen LogP contribution in [0.4, 0.5) is 13.2 Å². The molecule has 0 saturated heterocycles. The minimum Gasteiger partial charge on any atom is -0.385 e. The van der Waals surface area contributed by atoms with Gasteiger partial charge in [-0.3, -0.25) is 0 Å². The molecule has 0 heterocycles. The first-order chi connectivity index (χ1) is 6.93. The van der Waals surface area contributed by atoms with Gasteiger partial charge in [-0.25, -0.2) is 0 Å². The van der Waals surface area contributed by atoms with Crippen molar-refractivity contribution in [2.24, 2.45) is 5.92 Å². The van der Waals surface area contributed by atoms with E-state index in [0.29, 0.717) is 26.0 Å². The molecule has 0 aliphatic rings. The van der Waals surface area contributed by atoms with Gasteiger partial charge in [0, 0.05) is 13.7 Å². The van der Waals surface area contributed by atoms with E-state index < -0.39 is 18.1 Å². The zero-order valence-electron chi connectivity index (χ0n) is 9.53. The monoisotopic (exact) mass is 227 g/mol. The minimum absolute atomic E-state index is 0.363. The van der Waals surface area contributed by atoms with Crippen LogP contribution < -0.4 is 5.32 Å². The van der Waals surface area contributed by atoms with Gasteiger partial charge in [0.25, 0.3) is 0 Å². The van der Waals surface area contributed by atoms with E-state index in [2.05, 4.69) is 5.32 Å². The smallest absolute Gasteiger partial charge is 0.385 e. The van der Waals surface area contributed by atoms with Crippen molar-refractivity contribution >= 4 is 0 Å². The van der Waals surface area contributed by atoms with Crippen LogP contribution in [0, 0.1) is 5.92 Å². The van der Waals surface area contributed by atoms with Crippen molar-refractivity contribution in [3.05, 3.63) is 0 Å². The highest BCUT2D eigenvalue weighted by molar-refractivity contribution is 4.80. The third kappa shape index (κ3) is 5.99. The van der Waals surface area contributed by atoms with Gasteiger partial charge in [0.2, 0.25) is 0 Å². The van der Waals surface area contributed by atoms with Gasteiger partial charge >= 0.3 is 6.18 Å². The molecule has 0 aromatic rings. The molecule has 0 aliphatic heterocycles. The molecule has 0 bridgehead atoms. The maximum absolute atomic E-state index is 12.6. The van der Waals surface area contributed by atoms with Crippen molar-refractivity contribution in [2.75, 3.05) is 20.3 Å². The van der Waals surface area contributed by atoms with Crippen LogP contribution >= 0.6 is 0 Å². The molecule has 0 aromatic carbocycles. The molecule has 0 aliphatic carbocycles. The van der Waals surface area contributed by atoms with Crippen LogP contribution in [-0.2, 0) is 4.74 Å². The Kier molecular flexibility index (Phi) is 6.92. The highest BCUT2D eigenvalue weighted by Crippen LogP contribution is 2.27. The molecule has 0 fully saturated rings. The van der Waals surface area contributed by atoms with Gasteiger partial charge in [0.15, 0.2) is 0 Å². The van der Waals surface area contributed by atoms with Crippen molar-refractivity contribution in [3.8, 4) is 0 Å². The normalized spacial score (nSPS) is 16.4. The number of hydrogen-bond acceptors (Lipinski definition) is 2. The van der Waals surface area contributed by atoms with E-state index in [9.17, 15) is 13.2 Å². The van der Waals surface area contributed by atoms with Crippen LogP contribution in [-0.4, -0.2) is 32.5 Å². The van der Waals surface area contributed by atoms with Crippen LogP contribution in [0.25, 0.3) is 0 Å². The Hall–Kier alpha value is -0.290.